The molecular formula is C20H21ClN4O2. The highest BCUT2D eigenvalue weighted by molar-refractivity contribution is 6.30. The van der Waals surface area contributed by atoms with Gasteiger partial charge in [-0.15, -0.1) is 0 Å². The first-order valence-electron chi connectivity index (χ1n) is 9.01. The van der Waals surface area contributed by atoms with Crippen LogP contribution in [-0.4, -0.2) is 52.1 Å². The van der Waals surface area contributed by atoms with E-state index in [0.717, 1.165) is 23.3 Å². The second-order valence-electron chi connectivity index (χ2n) is 6.73. The molecule has 1 aromatic carbocycles. The molecule has 1 fully saturated rings. The second kappa shape index (κ2) is 7.66. The number of halogens is 1. The predicted molar refractivity (Wildman–Crippen MR) is 104 cm³/mol. The van der Waals surface area contributed by atoms with Gasteiger partial charge in [-0.2, -0.15) is 0 Å². The molecule has 1 atom stereocenters. The lowest BCUT2D eigenvalue weighted by atomic mass is 10.1. The van der Waals surface area contributed by atoms with E-state index in [1.54, 1.807) is 37.6 Å². The number of fused-ring (bicyclic) bond motifs is 1. The molecule has 1 aliphatic heterocycles. The van der Waals surface area contributed by atoms with Crippen LogP contribution < -0.4 is 0 Å². The summed E-state index contributed by atoms with van der Waals surface area (Å²) in [5.74, 6) is 1.20. The molecule has 0 saturated carbocycles. The zero-order chi connectivity index (χ0) is 18.8. The van der Waals surface area contributed by atoms with Gasteiger partial charge in [-0.1, -0.05) is 17.7 Å². The maximum atomic E-state index is 12.8. The number of pyridine rings is 1. The fourth-order valence-corrected chi connectivity index (χ4v) is 3.87. The first-order chi connectivity index (χ1) is 13.2. The van der Waals surface area contributed by atoms with Crippen molar-refractivity contribution >= 4 is 28.5 Å². The predicted octanol–water partition coefficient (Wildman–Crippen LogP) is 3.36. The molecule has 7 heteroatoms. The summed E-state index contributed by atoms with van der Waals surface area (Å²) in [7, 11) is 1.69. The Morgan fingerprint density at radius 3 is 3.07 bits per heavy atom. The summed E-state index contributed by atoms with van der Waals surface area (Å²) in [6.45, 7) is 2.68. The van der Waals surface area contributed by atoms with Gasteiger partial charge in [0.05, 0.1) is 23.8 Å². The molecule has 3 heterocycles. The Morgan fingerprint density at radius 1 is 1.37 bits per heavy atom. The summed E-state index contributed by atoms with van der Waals surface area (Å²) < 4.78 is 7.43. The van der Waals surface area contributed by atoms with Crippen LogP contribution in [0.4, 0.5) is 0 Å². The van der Waals surface area contributed by atoms with E-state index in [-0.39, 0.29) is 11.8 Å². The molecule has 3 aromatic rings. The minimum absolute atomic E-state index is 0.0150. The van der Waals surface area contributed by atoms with Crippen LogP contribution in [-0.2, 0) is 11.3 Å². The third kappa shape index (κ3) is 3.55. The zero-order valence-corrected chi connectivity index (χ0v) is 15.9. The first kappa shape index (κ1) is 17.9. The largest absolute Gasteiger partial charge is 0.383 e. The molecule has 0 radical (unpaired) electrons. The van der Waals surface area contributed by atoms with Crippen molar-refractivity contribution in [2.75, 3.05) is 26.8 Å². The molecule has 2 aromatic heterocycles. The molecule has 27 heavy (non-hydrogen) atoms. The van der Waals surface area contributed by atoms with Crippen molar-refractivity contribution in [3.8, 4) is 0 Å². The van der Waals surface area contributed by atoms with Crippen molar-refractivity contribution in [1.29, 1.82) is 0 Å². The van der Waals surface area contributed by atoms with Crippen LogP contribution in [0.3, 0.4) is 0 Å². The maximum Gasteiger partial charge on any atom is 0.253 e. The second-order valence-corrected chi connectivity index (χ2v) is 7.16. The van der Waals surface area contributed by atoms with Crippen molar-refractivity contribution in [1.82, 2.24) is 19.4 Å². The molecule has 1 amide bonds. The number of hydrogen-bond donors (Lipinski definition) is 0. The van der Waals surface area contributed by atoms with E-state index < -0.39 is 0 Å². The van der Waals surface area contributed by atoms with Crippen molar-refractivity contribution < 1.29 is 9.53 Å². The molecule has 140 valence electrons. The van der Waals surface area contributed by atoms with Crippen LogP contribution in [0.15, 0.2) is 42.7 Å². The van der Waals surface area contributed by atoms with Gasteiger partial charge in [-0.3, -0.25) is 9.78 Å². The van der Waals surface area contributed by atoms with Crippen molar-refractivity contribution in [2.24, 2.45) is 0 Å². The average molecular weight is 385 g/mol. The molecular weight excluding hydrogens is 364 g/mol. The van der Waals surface area contributed by atoms with Gasteiger partial charge < -0.3 is 14.2 Å². The number of hydrogen-bond acceptors (Lipinski definition) is 4. The first-order valence-corrected chi connectivity index (χ1v) is 9.39. The van der Waals surface area contributed by atoms with E-state index in [2.05, 4.69) is 9.55 Å². The highest BCUT2D eigenvalue weighted by Crippen LogP contribution is 2.30. The molecule has 0 N–H and O–H groups in total. The summed E-state index contributed by atoms with van der Waals surface area (Å²) in [4.78, 5) is 23.8. The minimum Gasteiger partial charge on any atom is -0.383 e. The summed E-state index contributed by atoms with van der Waals surface area (Å²) in [5, 5.41) is 0.574. The quantitative estimate of drug-likeness (QED) is 0.676. The minimum atomic E-state index is 0.0150. The molecule has 0 spiro atoms. The summed E-state index contributed by atoms with van der Waals surface area (Å²) >= 11 is 6.03. The average Bonchev–Trinajstić information content (AvgIpc) is 3.30. The van der Waals surface area contributed by atoms with E-state index in [1.165, 1.54) is 0 Å². The molecule has 6 nitrogen and oxygen atoms in total. The highest BCUT2D eigenvalue weighted by Gasteiger charge is 2.31. The Hall–Kier alpha value is -2.44. The molecule has 1 unspecified atom stereocenters. The lowest BCUT2D eigenvalue weighted by molar-refractivity contribution is 0.0790. The number of carbonyl (C=O) groups excluding carboxylic acids is 1. The number of benzene rings is 1. The lowest BCUT2D eigenvalue weighted by Gasteiger charge is -2.17. The molecule has 1 saturated heterocycles. The van der Waals surface area contributed by atoms with Crippen LogP contribution in [0.2, 0.25) is 5.02 Å². The Balaban J connectivity index is 1.59. The van der Waals surface area contributed by atoms with Crippen LogP contribution in [0, 0.1) is 0 Å². The van der Waals surface area contributed by atoms with Gasteiger partial charge in [-0.25, -0.2) is 4.98 Å². The van der Waals surface area contributed by atoms with E-state index in [9.17, 15) is 4.79 Å². The fraction of sp³-hybridized carbons (Fsp3) is 0.350. The van der Waals surface area contributed by atoms with Crippen molar-refractivity contribution in [2.45, 2.75) is 18.9 Å². The van der Waals surface area contributed by atoms with Gasteiger partial charge in [0.1, 0.15) is 5.82 Å². The molecule has 0 bridgehead atoms. The highest BCUT2D eigenvalue weighted by atomic mass is 35.5. The van der Waals surface area contributed by atoms with E-state index >= 15 is 0 Å². The zero-order valence-electron chi connectivity index (χ0n) is 15.1. The van der Waals surface area contributed by atoms with E-state index in [0.29, 0.717) is 36.8 Å². The van der Waals surface area contributed by atoms with Crippen LogP contribution in [0.5, 0.6) is 0 Å². The normalized spacial score (nSPS) is 17.0. The number of ether oxygens (including phenoxy) is 1. The van der Waals surface area contributed by atoms with Gasteiger partial charge in [0, 0.05) is 49.4 Å². The van der Waals surface area contributed by atoms with E-state index in [4.69, 9.17) is 21.3 Å². The summed E-state index contributed by atoms with van der Waals surface area (Å²) in [5.41, 5.74) is 2.56. The third-order valence-corrected chi connectivity index (χ3v) is 5.25. The topological polar surface area (TPSA) is 60.2 Å². The fourth-order valence-electron chi connectivity index (χ4n) is 3.68. The van der Waals surface area contributed by atoms with E-state index in [1.807, 2.05) is 17.2 Å². The summed E-state index contributed by atoms with van der Waals surface area (Å²) in [6.07, 6.45) is 4.48. The van der Waals surface area contributed by atoms with Gasteiger partial charge in [-0.05, 0) is 30.7 Å². The maximum absolute atomic E-state index is 12.8. The van der Waals surface area contributed by atoms with Gasteiger partial charge >= 0.3 is 0 Å². The number of likely N-dealkylation sites (tertiary alicyclic amines) is 1. The third-order valence-electron chi connectivity index (χ3n) is 5.01. The molecule has 0 aliphatic carbocycles. The van der Waals surface area contributed by atoms with Crippen LogP contribution in [0.1, 0.15) is 28.5 Å². The van der Waals surface area contributed by atoms with Crippen LogP contribution in [0.25, 0.3) is 11.0 Å². The van der Waals surface area contributed by atoms with Gasteiger partial charge in [0.25, 0.3) is 5.91 Å². The monoisotopic (exact) mass is 384 g/mol. The van der Waals surface area contributed by atoms with Crippen LogP contribution >= 0.6 is 11.6 Å². The molecule has 4 rings (SSSR count). The Bertz CT molecular complexity index is 972. The van der Waals surface area contributed by atoms with Crippen molar-refractivity contribution in [3.05, 3.63) is 59.1 Å². The molecule has 1 aliphatic rings. The van der Waals surface area contributed by atoms with Gasteiger partial charge in [0.15, 0.2) is 0 Å². The number of amides is 1. The number of methoxy groups -OCH3 is 1. The number of rotatable bonds is 5. The number of carbonyl (C=O) groups is 1. The Kier molecular flexibility index (Phi) is 5.09. The number of aromatic nitrogens is 3. The number of imidazole rings is 1. The Morgan fingerprint density at radius 2 is 2.26 bits per heavy atom. The van der Waals surface area contributed by atoms with Gasteiger partial charge in [0.2, 0.25) is 0 Å². The SMILES string of the molecule is COCCn1c(C2CCN(C(=O)c3cccc(Cl)c3)C2)nc2ccncc21. The smallest absolute Gasteiger partial charge is 0.253 e. The lowest BCUT2D eigenvalue weighted by Crippen LogP contribution is -2.28. The van der Waals surface area contributed by atoms with Crippen molar-refractivity contribution in [3.63, 3.8) is 0 Å². The Labute approximate surface area is 162 Å². The summed E-state index contributed by atoms with van der Waals surface area (Å²) in [6, 6.07) is 9.03. The number of nitrogens with zero attached hydrogens (tertiary/aromatic N) is 4. The standard InChI is InChI=1S/C20H21ClN4O2/c1-27-10-9-25-18-12-22-7-5-17(18)23-19(25)15-6-8-24(13-15)20(26)14-3-2-4-16(21)11-14/h2-5,7,11-12,15H,6,8-10,13H2,1H3.